The Kier molecular flexibility index (Phi) is 5.81. The maximum Gasteiger partial charge on any atom is 0.227 e. The molecule has 0 unspecified atom stereocenters. The average Bonchev–Trinajstić information content (AvgIpc) is 2.64. The number of hydrogen-bond donors (Lipinski definition) is 0. The number of benzene rings is 1. The number of ether oxygens (including phenoxy) is 1. The van der Waals surface area contributed by atoms with E-state index in [4.69, 9.17) is 4.74 Å². The molecule has 138 valence electrons. The molecule has 0 aliphatic carbocycles. The topological polar surface area (TPSA) is 42.4 Å². The first-order chi connectivity index (χ1) is 12.5. The summed E-state index contributed by atoms with van der Waals surface area (Å²) in [6.07, 6.45) is 5.14. The van der Waals surface area contributed by atoms with Crippen LogP contribution in [0, 0.1) is 24.5 Å². The van der Waals surface area contributed by atoms with E-state index in [1.54, 1.807) is 17.3 Å². The summed E-state index contributed by atoms with van der Waals surface area (Å²) in [5.41, 5.74) is 1.23. The van der Waals surface area contributed by atoms with E-state index in [-0.39, 0.29) is 17.9 Å². The van der Waals surface area contributed by atoms with E-state index in [0.29, 0.717) is 25.6 Å². The molecule has 2 aromatic rings. The van der Waals surface area contributed by atoms with Gasteiger partial charge in [0, 0.05) is 37.1 Å². The van der Waals surface area contributed by atoms with E-state index in [1.807, 2.05) is 13.0 Å². The van der Waals surface area contributed by atoms with Crippen LogP contribution in [0.3, 0.4) is 0 Å². The maximum absolute atomic E-state index is 13.7. The largest absolute Gasteiger partial charge is 0.493 e. The molecule has 1 aliphatic rings. The quantitative estimate of drug-likeness (QED) is 0.819. The van der Waals surface area contributed by atoms with Crippen LogP contribution in [0.15, 0.2) is 36.7 Å². The van der Waals surface area contributed by atoms with Gasteiger partial charge in [0.05, 0.1) is 13.0 Å². The van der Waals surface area contributed by atoms with Crippen LogP contribution in [0.5, 0.6) is 5.75 Å². The highest BCUT2D eigenvalue weighted by Crippen LogP contribution is 2.22. The smallest absolute Gasteiger partial charge is 0.227 e. The Morgan fingerprint density at radius 1 is 1.27 bits per heavy atom. The number of piperidine rings is 1. The van der Waals surface area contributed by atoms with Gasteiger partial charge in [-0.25, -0.2) is 8.78 Å². The van der Waals surface area contributed by atoms with Crippen molar-refractivity contribution in [3.8, 4) is 5.75 Å². The second-order valence-electron chi connectivity index (χ2n) is 6.69. The molecule has 1 amide bonds. The number of pyridine rings is 1. The first kappa shape index (κ1) is 18.3. The van der Waals surface area contributed by atoms with Crippen LogP contribution in [0.2, 0.25) is 0 Å². The van der Waals surface area contributed by atoms with E-state index in [2.05, 4.69) is 4.98 Å². The van der Waals surface area contributed by atoms with Gasteiger partial charge in [0.2, 0.25) is 5.91 Å². The highest BCUT2D eigenvalue weighted by atomic mass is 19.1. The lowest BCUT2D eigenvalue weighted by Gasteiger charge is -2.32. The standard InChI is InChI=1S/C20H22F2N2O2/c1-14-12-23-7-4-19(14)26-13-15-5-8-24(9-6-15)20(25)10-16-2-3-17(21)11-18(16)22/h2-4,7,11-12,15H,5-6,8-10,13H2,1H3. The van der Waals surface area contributed by atoms with E-state index in [1.165, 1.54) is 12.1 Å². The Morgan fingerprint density at radius 2 is 2.04 bits per heavy atom. The molecule has 1 aromatic heterocycles. The molecule has 0 bridgehead atoms. The van der Waals surface area contributed by atoms with Crippen molar-refractivity contribution >= 4 is 5.91 Å². The Morgan fingerprint density at radius 3 is 2.73 bits per heavy atom. The number of nitrogens with zero attached hydrogens (tertiary/aromatic N) is 2. The molecule has 0 saturated carbocycles. The van der Waals surface area contributed by atoms with Gasteiger partial charge in [-0.1, -0.05) is 6.07 Å². The zero-order valence-corrected chi connectivity index (χ0v) is 14.8. The number of halogens is 2. The van der Waals surface area contributed by atoms with Crippen molar-refractivity contribution in [3.05, 3.63) is 59.4 Å². The highest BCUT2D eigenvalue weighted by molar-refractivity contribution is 5.78. The first-order valence-electron chi connectivity index (χ1n) is 8.78. The Labute approximate surface area is 151 Å². The number of carbonyl (C=O) groups is 1. The van der Waals surface area contributed by atoms with Gasteiger partial charge in [0.25, 0.3) is 0 Å². The summed E-state index contributed by atoms with van der Waals surface area (Å²) in [5, 5.41) is 0. The molecule has 4 nitrogen and oxygen atoms in total. The van der Waals surface area contributed by atoms with E-state index in [9.17, 15) is 13.6 Å². The van der Waals surface area contributed by atoms with Crippen molar-refractivity contribution in [2.24, 2.45) is 5.92 Å². The number of hydrogen-bond acceptors (Lipinski definition) is 3. The SMILES string of the molecule is Cc1cnccc1OCC1CCN(C(=O)Cc2ccc(F)cc2F)CC1. The summed E-state index contributed by atoms with van der Waals surface area (Å²) < 4.78 is 32.5. The van der Waals surface area contributed by atoms with Crippen molar-refractivity contribution < 1.29 is 18.3 Å². The van der Waals surface area contributed by atoms with Crippen molar-refractivity contribution in [1.29, 1.82) is 0 Å². The van der Waals surface area contributed by atoms with Gasteiger partial charge in [-0.15, -0.1) is 0 Å². The summed E-state index contributed by atoms with van der Waals surface area (Å²) in [5.74, 6) is -0.211. The molecular formula is C20H22F2N2O2. The first-order valence-corrected chi connectivity index (χ1v) is 8.78. The van der Waals surface area contributed by atoms with Gasteiger partial charge >= 0.3 is 0 Å². The molecule has 1 saturated heterocycles. The highest BCUT2D eigenvalue weighted by Gasteiger charge is 2.24. The lowest BCUT2D eigenvalue weighted by atomic mass is 9.97. The third-order valence-electron chi connectivity index (χ3n) is 4.77. The van der Waals surface area contributed by atoms with Gasteiger partial charge < -0.3 is 9.64 Å². The molecule has 1 aromatic carbocycles. The Hall–Kier alpha value is -2.50. The number of amides is 1. The van der Waals surface area contributed by atoms with Crippen LogP contribution in [0.1, 0.15) is 24.0 Å². The molecule has 6 heteroatoms. The second kappa shape index (κ2) is 8.25. The summed E-state index contributed by atoms with van der Waals surface area (Å²) in [6.45, 7) is 3.83. The fourth-order valence-corrected chi connectivity index (χ4v) is 3.12. The summed E-state index contributed by atoms with van der Waals surface area (Å²) in [4.78, 5) is 18.2. The van der Waals surface area contributed by atoms with Crippen LogP contribution in [-0.4, -0.2) is 35.5 Å². The van der Waals surface area contributed by atoms with E-state index in [0.717, 1.165) is 30.2 Å². The number of rotatable bonds is 5. The molecule has 0 spiro atoms. The molecule has 0 atom stereocenters. The molecule has 1 aliphatic heterocycles. The van der Waals surface area contributed by atoms with Gasteiger partial charge in [-0.3, -0.25) is 9.78 Å². The minimum atomic E-state index is -0.672. The predicted molar refractivity (Wildman–Crippen MR) is 93.8 cm³/mol. The fourth-order valence-electron chi connectivity index (χ4n) is 3.12. The Balaban J connectivity index is 1.47. The third-order valence-corrected chi connectivity index (χ3v) is 4.77. The molecule has 2 heterocycles. The number of aryl methyl sites for hydroxylation is 1. The minimum absolute atomic E-state index is 0.0382. The maximum atomic E-state index is 13.7. The normalized spacial score (nSPS) is 15.1. The molecular weight excluding hydrogens is 338 g/mol. The zero-order chi connectivity index (χ0) is 18.5. The summed E-state index contributed by atoms with van der Waals surface area (Å²) in [7, 11) is 0. The van der Waals surface area contributed by atoms with Crippen molar-refractivity contribution in [1.82, 2.24) is 9.88 Å². The number of carbonyl (C=O) groups excluding carboxylic acids is 1. The zero-order valence-electron chi connectivity index (χ0n) is 14.8. The van der Waals surface area contributed by atoms with Gasteiger partial charge in [-0.05, 0) is 43.4 Å². The van der Waals surface area contributed by atoms with Gasteiger partial charge in [0.1, 0.15) is 17.4 Å². The van der Waals surface area contributed by atoms with Crippen LogP contribution in [0.25, 0.3) is 0 Å². The molecule has 26 heavy (non-hydrogen) atoms. The van der Waals surface area contributed by atoms with Gasteiger partial charge in [-0.2, -0.15) is 0 Å². The van der Waals surface area contributed by atoms with Crippen LogP contribution < -0.4 is 4.74 Å². The van der Waals surface area contributed by atoms with E-state index >= 15 is 0 Å². The summed E-state index contributed by atoms with van der Waals surface area (Å²) >= 11 is 0. The summed E-state index contributed by atoms with van der Waals surface area (Å²) in [6, 6.07) is 5.18. The van der Waals surface area contributed by atoms with Crippen molar-refractivity contribution in [3.63, 3.8) is 0 Å². The number of aromatic nitrogens is 1. The van der Waals surface area contributed by atoms with Crippen LogP contribution in [0.4, 0.5) is 8.78 Å². The fraction of sp³-hybridized carbons (Fsp3) is 0.400. The van der Waals surface area contributed by atoms with Crippen molar-refractivity contribution in [2.45, 2.75) is 26.2 Å². The molecule has 1 fully saturated rings. The molecule has 0 radical (unpaired) electrons. The third kappa shape index (κ3) is 4.56. The number of likely N-dealkylation sites (tertiary alicyclic amines) is 1. The van der Waals surface area contributed by atoms with Crippen LogP contribution in [-0.2, 0) is 11.2 Å². The molecule has 3 rings (SSSR count). The monoisotopic (exact) mass is 360 g/mol. The average molecular weight is 360 g/mol. The minimum Gasteiger partial charge on any atom is -0.493 e. The Bertz CT molecular complexity index is 774. The molecule has 0 N–H and O–H groups in total. The van der Waals surface area contributed by atoms with Gasteiger partial charge in [0.15, 0.2) is 0 Å². The van der Waals surface area contributed by atoms with Crippen LogP contribution >= 0.6 is 0 Å². The predicted octanol–water partition coefficient (Wildman–Crippen LogP) is 3.53. The lowest BCUT2D eigenvalue weighted by molar-refractivity contribution is -0.132. The second-order valence-corrected chi connectivity index (χ2v) is 6.69. The van der Waals surface area contributed by atoms with E-state index < -0.39 is 11.6 Å². The lowest BCUT2D eigenvalue weighted by Crippen LogP contribution is -2.40. The van der Waals surface area contributed by atoms with Crippen molar-refractivity contribution in [2.75, 3.05) is 19.7 Å².